The van der Waals surface area contributed by atoms with Crippen molar-refractivity contribution >= 4 is 39.3 Å². The molecule has 0 bridgehead atoms. The van der Waals surface area contributed by atoms with Crippen LogP contribution in [0.15, 0.2) is 22.7 Å². The summed E-state index contributed by atoms with van der Waals surface area (Å²) in [6, 6.07) is 4.95. The van der Waals surface area contributed by atoms with Crippen LogP contribution in [0, 0.1) is 5.92 Å². The third kappa shape index (κ3) is 5.92. The maximum Gasteiger partial charge on any atom is 0.252 e. The zero-order valence-corrected chi connectivity index (χ0v) is 13.8. The summed E-state index contributed by atoms with van der Waals surface area (Å²) in [5.41, 5.74) is 0.497. The van der Waals surface area contributed by atoms with Gasteiger partial charge in [0.2, 0.25) is 5.91 Å². The molecule has 0 spiro atoms. The highest BCUT2D eigenvalue weighted by atomic mass is 79.9. The van der Waals surface area contributed by atoms with E-state index >= 15 is 0 Å². The first-order valence-electron chi connectivity index (χ1n) is 6.40. The Balaban J connectivity index is 2.38. The molecule has 0 aliphatic heterocycles. The molecule has 0 atom stereocenters. The Morgan fingerprint density at radius 2 is 2.00 bits per heavy atom. The normalized spacial score (nSPS) is 10.4. The van der Waals surface area contributed by atoms with Crippen molar-refractivity contribution in [2.45, 2.75) is 20.3 Å². The van der Waals surface area contributed by atoms with Gasteiger partial charge in [0.1, 0.15) is 0 Å². The van der Waals surface area contributed by atoms with E-state index in [2.05, 4.69) is 26.6 Å². The van der Waals surface area contributed by atoms with Crippen LogP contribution in [0.1, 0.15) is 30.6 Å². The number of nitrogens with one attached hydrogen (secondary N) is 2. The summed E-state index contributed by atoms with van der Waals surface area (Å²) < 4.78 is 0.631. The summed E-state index contributed by atoms with van der Waals surface area (Å²) >= 11 is 9.10. The lowest BCUT2D eigenvalue weighted by molar-refractivity contribution is -0.121. The fourth-order valence-electron chi connectivity index (χ4n) is 1.46. The Kier molecular flexibility index (Phi) is 7.02. The molecule has 0 saturated heterocycles. The van der Waals surface area contributed by atoms with Crippen LogP contribution in [-0.4, -0.2) is 24.9 Å². The van der Waals surface area contributed by atoms with Gasteiger partial charge < -0.3 is 10.6 Å². The van der Waals surface area contributed by atoms with Gasteiger partial charge in [-0.3, -0.25) is 9.59 Å². The molecule has 0 unspecified atom stereocenters. The van der Waals surface area contributed by atoms with Gasteiger partial charge in [-0.2, -0.15) is 0 Å². The van der Waals surface area contributed by atoms with Crippen molar-refractivity contribution in [2.75, 3.05) is 13.1 Å². The van der Waals surface area contributed by atoms with E-state index in [9.17, 15) is 9.59 Å². The van der Waals surface area contributed by atoms with Crippen LogP contribution in [0.5, 0.6) is 0 Å². The molecule has 2 amide bonds. The van der Waals surface area contributed by atoms with E-state index in [0.717, 1.165) is 0 Å². The third-order valence-corrected chi connectivity index (χ3v) is 3.41. The first-order chi connectivity index (χ1) is 9.40. The molecule has 0 fully saturated rings. The first-order valence-corrected chi connectivity index (χ1v) is 7.57. The summed E-state index contributed by atoms with van der Waals surface area (Å²) in [5.74, 6) is 0.123. The summed E-state index contributed by atoms with van der Waals surface area (Å²) in [6.45, 7) is 5.01. The highest BCUT2D eigenvalue weighted by Crippen LogP contribution is 2.21. The lowest BCUT2D eigenvalue weighted by Gasteiger charge is -2.09. The molecule has 0 aliphatic rings. The number of halogens is 2. The van der Waals surface area contributed by atoms with Gasteiger partial charge in [-0.05, 0) is 40.0 Å². The zero-order chi connectivity index (χ0) is 15.1. The van der Waals surface area contributed by atoms with Crippen molar-refractivity contribution in [3.8, 4) is 0 Å². The van der Waals surface area contributed by atoms with E-state index in [1.165, 1.54) is 0 Å². The Morgan fingerprint density at radius 1 is 1.30 bits per heavy atom. The summed E-state index contributed by atoms with van der Waals surface area (Å²) in [7, 11) is 0. The maximum atomic E-state index is 11.9. The van der Waals surface area contributed by atoms with Crippen LogP contribution in [0.4, 0.5) is 0 Å². The summed E-state index contributed by atoms with van der Waals surface area (Å²) in [4.78, 5) is 23.4. The number of benzene rings is 1. The van der Waals surface area contributed by atoms with Crippen LogP contribution < -0.4 is 10.6 Å². The third-order valence-electron chi connectivity index (χ3n) is 2.52. The van der Waals surface area contributed by atoms with Gasteiger partial charge in [-0.25, -0.2) is 0 Å². The van der Waals surface area contributed by atoms with Crippen LogP contribution in [0.3, 0.4) is 0 Å². The molecule has 2 N–H and O–H groups in total. The maximum absolute atomic E-state index is 11.9. The van der Waals surface area contributed by atoms with Crippen LogP contribution in [0.2, 0.25) is 5.02 Å². The smallest absolute Gasteiger partial charge is 0.252 e. The van der Waals surface area contributed by atoms with Crippen molar-refractivity contribution in [1.29, 1.82) is 0 Å². The van der Waals surface area contributed by atoms with E-state index < -0.39 is 0 Å². The highest BCUT2D eigenvalue weighted by Gasteiger charge is 2.10. The molecule has 6 heteroatoms. The largest absolute Gasteiger partial charge is 0.356 e. The van der Waals surface area contributed by atoms with Crippen LogP contribution >= 0.6 is 27.5 Å². The number of carbonyl (C=O) groups is 2. The molecule has 1 rings (SSSR count). The molecule has 0 aromatic heterocycles. The van der Waals surface area contributed by atoms with Gasteiger partial charge in [0.15, 0.2) is 0 Å². The molecule has 20 heavy (non-hydrogen) atoms. The fraction of sp³-hybridized carbons (Fsp3) is 0.429. The van der Waals surface area contributed by atoms with Crippen molar-refractivity contribution in [3.05, 3.63) is 33.3 Å². The molecular weight excluding hydrogens is 344 g/mol. The quantitative estimate of drug-likeness (QED) is 0.818. The van der Waals surface area contributed by atoms with Crippen molar-refractivity contribution in [1.82, 2.24) is 10.6 Å². The standard InChI is InChI=1S/C14H18BrClN2O2/c1-9(2)8-18-13(19)5-6-17-14(20)11-4-3-10(16)7-12(11)15/h3-4,7,9H,5-6,8H2,1-2H3,(H,17,20)(H,18,19). The SMILES string of the molecule is CC(C)CNC(=O)CCNC(=O)c1ccc(Cl)cc1Br. The lowest BCUT2D eigenvalue weighted by atomic mass is 10.2. The Bertz CT molecular complexity index is 492. The van der Waals surface area contributed by atoms with Crippen LogP contribution in [0.25, 0.3) is 0 Å². The number of hydrogen-bond acceptors (Lipinski definition) is 2. The minimum Gasteiger partial charge on any atom is -0.356 e. The molecule has 4 nitrogen and oxygen atoms in total. The van der Waals surface area contributed by atoms with E-state index in [0.29, 0.717) is 34.1 Å². The van der Waals surface area contributed by atoms with E-state index in [1.54, 1.807) is 18.2 Å². The molecule has 1 aromatic rings. The number of hydrogen-bond donors (Lipinski definition) is 2. The fourth-order valence-corrected chi connectivity index (χ4v) is 2.33. The van der Waals surface area contributed by atoms with Crippen molar-refractivity contribution in [2.24, 2.45) is 5.92 Å². The zero-order valence-electron chi connectivity index (χ0n) is 11.5. The number of rotatable bonds is 6. The first kappa shape index (κ1) is 17.0. The van der Waals surface area contributed by atoms with Gasteiger partial charge in [0, 0.05) is 29.0 Å². The van der Waals surface area contributed by atoms with Crippen molar-refractivity contribution in [3.63, 3.8) is 0 Å². The van der Waals surface area contributed by atoms with Gasteiger partial charge in [-0.15, -0.1) is 0 Å². The average Bonchev–Trinajstić information content (AvgIpc) is 2.36. The predicted molar refractivity (Wildman–Crippen MR) is 83.9 cm³/mol. The summed E-state index contributed by atoms with van der Waals surface area (Å²) in [5, 5.41) is 6.06. The molecule has 1 aromatic carbocycles. The average molecular weight is 362 g/mol. The van der Waals surface area contributed by atoms with E-state index in [-0.39, 0.29) is 18.2 Å². The van der Waals surface area contributed by atoms with Gasteiger partial charge in [0.25, 0.3) is 5.91 Å². The van der Waals surface area contributed by atoms with Gasteiger partial charge >= 0.3 is 0 Å². The van der Waals surface area contributed by atoms with Crippen LogP contribution in [-0.2, 0) is 4.79 Å². The minimum atomic E-state index is -0.231. The van der Waals surface area contributed by atoms with Crippen molar-refractivity contribution < 1.29 is 9.59 Å². The molecule has 0 heterocycles. The molecule has 110 valence electrons. The summed E-state index contributed by atoms with van der Waals surface area (Å²) in [6.07, 6.45) is 0.268. The second-order valence-electron chi connectivity index (χ2n) is 4.83. The topological polar surface area (TPSA) is 58.2 Å². The number of amides is 2. The molecule has 0 saturated carbocycles. The Morgan fingerprint density at radius 3 is 2.60 bits per heavy atom. The minimum absolute atomic E-state index is 0.0610. The molecule has 0 radical (unpaired) electrons. The van der Waals surface area contributed by atoms with E-state index in [4.69, 9.17) is 11.6 Å². The Hall–Kier alpha value is -1.07. The monoisotopic (exact) mass is 360 g/mol. The van der Waals surface area contributed by atoms with Gasteiger partial charge in [0.05, 0.1) is 5.56 Å². The molecule has 0 aliphatic carbocycles. The predicted octanol–water partition coefficient (Wildman–Crippen LogP) is 2.99. The van der Waals surface area contributed by atoms with E-state index in [1.807, 2.05) is 13.8 Å². The van der Waals surface area contributed by atoms with Gasteiger partial charge in [-0.1, -0.05) is 25.4 Å². The second-order valence-corrected chi connectivity index (χ2v) is 6.12. The second kappa shape index (κ2) is 8.27. The highest BCUT2D eigenvalue weighted by molar-refractivity contribution is 9.10. The molecular formula is C14H18BrClN2O2. The Labute approximate surface area is 132 Å². The number of carbonyl (C=O) groups excluding carboxylic acids is 2. The lowest BCUT2D eigenvalue weighted by Crippen LogP contribution is -2.32.